The van der Waals surface area contributed by atoms with Crippen LogP contribution in [0.1, 0.15) is 79.1 Å². The van der Waals surface area contributed by atoms with Crippen molar-refractivity contribution in [2.75, 3.05) is 6.61 Å². The molecule has 0 radical (unpaired) electrons. The number of fused-ring (bicyclic) bond motifs is 7. The fraction of sp³-hybridized carbons (Fsp3) is 0.926. The first-order valence-corrected chi connectivity index (χ1v) is 13.1. The lowest BCUT2D eigenvalue weighted by atomic mass is 9.46. The van der Waals surface area contributed by atoms with E-state index in [9.17, 15) is 10.2 Å². The van der Waals surface area contributed by atoms with Crippen LogP contribution in [0.3, 0.4) is 0 Å². The second-order valence-corrected chi connectivity index (χ2v) is 12.7. The topological polar surface area (TPSA) is 58.9 Å². The van der Waals surface area contributed by atoms with Gasteiger partial charge in [-0.1, -0.05) is 39.3 Å². The van der Waals surface area contributed by atoms with Crippen molar-refractivity contribution in [2.45, 2.75) is 103 Å². The summed E-state index contributed by atoms with van der Waals surface area (Å²) >= 11 is 0. The van der Waals surface area contributed by atoms with Crippen LogP contribution in [0.25, 0.3) is 0 Å². The molecule has 6 rings (SSSR count). The average molecular weight is 431 g/mol. The van der Waals surface area contributed by atoms with Crippen LogP contribution in [0.15, 0.2) is 11.6 Å². The lowest BCUT2D eigenvalue weighted by Crippen LogP contribution is -2.57. The zero-order valence-electron chi connectivity index (χ0n) is 19.8. The van der Waals surface area contributed by atoms with Gasteiger partial charge in [0.05, 0.1) is 24.9 Å². The molecule has 3 saturated carbocycles. The van der Waals surface area contributed by atoms with Crippen LogP contribution in [0.5, 0.6) is 0 Å². The second kappa shape index (κ2) is 6.81. The molecule has 174 valence electrons. The van der Waals surface area contributed by atoms with Gasteiger partial charge in [0, 0.05) is 23.7 Å². The molecule has 2 aliphatic heterocycles. The Hall–Kier alpha value is -0.420. The van der Waals surface area contributed by atoms with Crippen molar-refractivity contribution in [1.29, 1.82) is 0 Å². The monoisotopic (exact) mass is 430 g/mol. The highest BCUT2D eigenvalue weighted by atomic mass is 16.7. The predicted octanol–water partition coefficient (Wildman–Crippen LogP) is 4.68. The zero-order chi connectivity index (χ0) is 21.8. The summed E-state index contributed by atoms with van der Waals surface area (Å²) in [5.41, 5.74) is 1.53. The first-order chi connectivity index (χ1) is 14.7. The maximum absolute atomic E-state index is 11.8. The summed E-state index contributed by atoms with van der Waals surface area (Å²) in [4.78, 5) is 0. The molecular formula is C27H42O4. The van der Waals surface area contributed by atoms with Crippen molar-refractivity contribution < 1.29 is 19.7 Å². The van der Waals surface area contributed by atoms with E-state index in [-0.39, 0.29) is 29.1 Å². The van der Waals surface area contributed by atoms with Crippen LogP contribution < -0.4 is 0 Å². The minimum atomic E-state index is -0.419. The third kappa shape index (κ3) is 2.68. The van der Waals surface area contributed by atoms with E-state index in [1.54, 1.807) is 0 Å². The number of aliphatic hydroxyl groups is 2. The maximum Gasteiger partial charge on any atom is 0.171 e. The first-order valence-electron chi connectivity index (χ1n) is 13.1. The van der Waals surface area contributed by atoms with E-state index < -0.39 is 5.79 Å². The van der Waals surface area contributed by atoms with Crippen molar-refractivity contribution in [3.8, 4) is 0 Å². The number of allylic oxidation sites excluding steroid dienone is 1. The Morgan fingerprint density at radius 2 is 1.84 bits per heavy atom. The predicted molar refractivity (Wildman–Crippen MR) is 119 cm³/mol. The van der Waals surface area contributed by atoms with Crippen LogP contribution in [-0.4, -0.2) is 40.9 Å². The minimum Gasteiger partial charge on any atom is -0.393 e. The van der Waals surface area contributed by atoms with E-state index in [1.165, 1.54) is 12.0 Å². The third-order valence-electron chi connectivity index (χ3n) is 11.5. The summed E-state index contributed by atoms with van der Waals surface area (Å²) < 4.78 is 13.2. The summed E-state index contributed by atoms with van der Waals surface area (Å²) in [6.07, 6.45) is 10.3. The molecule has 4 heteroatoms. The highest BCUT2D eigenvalue weighted by Gasteiger charge is 2.71. The molecule has 4 nitrogen and oxygen atoms in total. The standard InChI is InChI=1S/C27H42O4/c1-15-7-10-27(30-14-15)16(2)24-22(31-27)12-21-19-6-5-17-11-18(28)8-9-25(17,3)20(19)13-23(29)26(21,24)4/h5,15-16,18-24,28-29H,6-14H2,1-4H3/t15-,16+,18+,19-,20-,21-,22+,23-,24+,25+,26-,27-/m1/s1. The van der Waals surface area contributed by atoms with E-state index in [4.69, 9.17) is 9.47 Å². The molecule has 0 aromatic rings. The fourth-order valence-corrected chi connectivity index (χ4v) is 9.61. The second-order valence-electron chi connectivity index (χ2n) is 12.7. The van der Waals surface area contributed by atoms with E-state index in [2.05, 4.69) is 33.8 Å². The van der Waals surface area contributed by atoms with Crippen LogP contribution in [0.4, 0.5) is 0 Å². The molecule has 2 saturated heterocycles. The molecule has 0 amide bonds. The number of hydrogen-bond donors (Lipinski definition) is 2. The molecule has 4 aliphatic carbocycles. The van der Waals surface area contributed by atoms with E-state index in [0.717, 1.165) is 51.6 Å². The van der Waals surface area contributed by atoms with Gasteiger partial charge in [-0.3, -0.25) is 0 Å². The molecule has 5 fully saturated rings. The minimum absolute atomic E-state index is 0.0863. The zero-order valence-corrected chi connectivity index (χ0v) is 19.8. The smallest absolute Gasteiger partial charge is 0.171 e. The molecule has 0 aromatic carbocycles. The number of hydrogen-bond acceptors (Lipinski definition) is 4. The highest BCUT2D eigenvalue weighted by molar-refractivity contribution is 5.27. The number of rotatable bonds is 0. The molecule has 12 atom stereocenters. The summed E-state index contributed by atoms with van der Waals surface area (Å²) in [5, 5.41) is 22.0. The molecule has 2 heterocycles. The molecule has 0 aromatic heterocycles. The molecule has 6 aliphatic rings. The number of aliphatic hydroxyl groups excluding tert-OH is 2. The van der Waals surface area contributed by atoms with Gasteiger partial charge in [0.1, 0.15) is 0 Å². The lowest BCUT2D eigenvalue weighted by molar-refractivity contribution is -0.273. The number of ether oxygens (including phenoxy) is 2. The fourth-order valence-electron chi connectivity index (χ4n) is 9.61. The van der Waals surface area contributed by atoms with Gasteiger partial charge in [-0.15, -0.1) is 0 Å². The van der Waals surface area contributed by atoms with Crippen molar-refractivity contribution in [2.24, 2.45) is 46.3 Å². The molecule has 0 bridgehead atoms. The Bertz CT molecular complexity index is 769. The van der Waals surface area contributed by atoms with E-state index in [0.29, 0.717) is 35.5 Å². The van der Waals surface area contributed by atoms with Crippen molar-refractivity contribution in [3.05, 3.63) is 11.6 Å². The van der Waals surface area contributed by atoms with Crippen molar-refractivity contribution >= 4 is 0 Å². The van der Waals surface area contributed by atoms with Crippen LogP contribution in [-0.2, 0) is 9.47 Å². The average Bonchev–Trinajstić information content (AvgIpc) is 3.18. The molecule has 1 spiro atoms. The molecule has 0 unspecified atom stereocenters. The highest BCUT2D eigenvalue weighted by Crippen LogP contribution is 2.70. The Kier molecular flexibility index (Phi) is 4.64. The van der Waals surface area contributed by atoms with Gasteiger partial charge >= 0.3 is 0 Å². The van der Waals surface area contributed by atoms with Gasteiger partial charge in [0.25, 0.3) is 0 Å². The summed E-state index contributed by atoms with van der Waals surface area (Å²) in [7, 11) is 0. The SMILES string of the molecule is C[C@@H]1CC[C@@]2(OC1)O[C@H]1C[C@@H]3[C@@H]4CC=C5C[C@@H](O)CC[C@]5(C)[C@@H]4C[C@@H](O)[C@]3(C)[C@H]1[C@@H]2C. The normalized spacial score (nSPS) is 60.7. The van der Waals surface area contributed by atoms with Gasteiger partial charge < -0.3 is 19.7 Å². The maximum atomic E-state index is 11.8. The van der Waals surface area contributed by atoms with Gasteiger partial charge in [-0.05, 0) is 74.0 Å². The summed E-state index contributed by atoms with van der Waals surface area (Å²) in [6.45, 7) is 10.2. The van der Waals surface area contributed by atoms with Crippen LogP contribution in [0.2, 0.25) is 0 Å². The first kappa shape index (κ1) is 21.1. The van der Waals surface area contributed by atoms with Gasteiger partial charge in [0.2, 0.25) is 0 Å². The Balaban J connectivity index is 1.32. The largest absolute Gasteiger partial charge is 0.393 e. The van der Waals surface area contributed by atoms with Crippen LogP contribution >= 0.6 is 0 Å². The Morgan fingerprint density at radius 3 is 2.58 bits per heavy atom. The third-order valence-corrected chi connectivity index (χ3v) is 11.5. The Morgan fingerprint density at radius 1 is 1.03 bits per heavy atom. The van der Waals surface area contributed by atoms with Gasteiger partial charge in [-0.2, -0.15) is 0 Å². The quantitative estimate of drug-likeness (QED) is 0.548. The summed E-state index contributed by atoms with van der Waals surface area (Å²) in [6, 6.07) is 0. The van der Waals surface area contributed by atoms with Crippen molar-refractivity contribution in [3.63, 3.8) is 0 Å². The molecule has 2 N–H and O–H groups in total. The van der Waals surface area contributed by atoms with Crippen LogP contribution in [0, 0.1) is 46.3 Å². The lowest BCUT2D eigenvalue weighted by Gasteiger charge is -2.60. The Labute approximate surface area is 187 Å². The van der Waals surface area contributed by atoms with Gasteiger partial charge in [0.15, 0.2) is 5.79 Å². The summed E-state index contributed by atoms with van der Waals surface area (Å²) in [5.74, 6) is 2.58. The molecule has 31 heavy (non-hydrogen) atoms. The van der Waals surface area contributed by atoms with Crippen molar-refractivity contribution in [1.82, 2.24) is 0 Å². The van der Waals surface area contributed by atoms with Gasteiger partial charge in [-0.25, -0.2) is 0 Å². The molecular weight excluding hydrogens is 388 g/mol. The van der Waals surface area contributed by atoms with E-state index in [1.807, 2.05) is 0 Å². The van der Waals surface area contributed by atoms with E-state index >= 15 is 0 Å².